The third-order valence-electron chi connectivity index (χ3n) is 4.14. The van der Waals surface area contributed by atoms with Crippen LogP contribution in [-0.4, -0.2) is 42.0 Å². The summed E-state index contributed by atoms with van der Waals surface area (Å²) in [6.45, 7) is 5.29. The lowest BCUT2D eigenvalue weighted by atomic mass is 9.79. The average Bonchev–Trinajstić information content (AvgIpc) is 2.83. The normalized spacial score (nSPS) is 20.2. The van der Waals surface area contributed by atoms with E-state index in [2.05, 4.69) is 16.0 Å². The van der Waals surface area contributed by atoms with E-state index in [4.69, 9.17) is 5.26 Å². The number of rotatable bonds is 1. The minimum Gasteiger partial charge on any atom is -0.355 e. The van der Waals surface area contributed by atoms with Crippen LogP contribution in [0.3, 0.4) is 0 Å². The van der Waals surface area contributed by atoms with Crippen molar-refractivity contribution in [3.8, 4) is 6.07 Å². The molecule has 0 radical (unpaired) electrons. The molecule has 2 fully saturated rings. The first kappa shape index (κ1) is 12.0. The molecule has 1 aromatic heterocycles. The number of nitriles is 1. The molecule has 0 bridgehead atoms. The highest BCUT2D eigenvalue weighted by molar-refractivity contribution is 5.73. The Morgan fingerprint density at radius 2 is 2.21 bits per heavy atom. The Bertz CT molecular complexity index is 540. The molecule has 19 heavy (non-hydrogen) atoms. The van der Waals surface area contributed by atoms with Gasteiger partial charge in [0.2, 0.25) is 5.91 Å². The number of anilines is 1. The van der Waals surface area contributed by atoms with E-state index in [-0.39, 0.29) is 11.3 Å². The van der Waals surface area contributed by atoms with Gasteiger partial charge in [-0.2, -0.15) is 5.26 Å². The molecule has 5 nitrogen and oxygen atoms in total. The van der Waals surface area contributed by atoms with Gasteiger partial charge in [-0.05, 0) is 18.6 Å². The maximum atomic E-state index is 11.4. The Hall–Kier alpha value is -2.09. The second-order valence-electron chi connectivity index (χ2n) is 5.56. The molecular weight excluding hydrogens is 240 g/mol. The fraction of sp³-hybridized carbons (Fsp3) is 0.500. The van der Waals surface area contributed by atoms with Gasteiger partial charge >= 0.3 is 0 Å². The molecule has 0 saturated carbocycles. The largest absolute Gasteiger partial charge is 0.355 e. The molecule has 2 aliphatic heterocycles. The van der Waals surface area contributed by atoms with Crippen molar-refractivity contribution in [2.24, 2.45) is 5.41 Å². The van der Waals surface area contributed by atoms with E-state index in [1.54, 1.807) is 19.2 Å². The summed E-state index contributed by atoms with van der Waals surface area (Å²) >= 11 is 0. The Morgan fingerprint density at radius 1 is 1.42 bits per heavy atom. The summed E-state index contributed by atoms with van der Waals surface area (Å²) in [6, 6.07) is 5.76. The Kier molecular flexibility index (Phi) is 2.67. The quantitative estimate of drug-likeness (QED) is 0.752. The molecule has 3 heterocycles. The summed E-state index contributed by atoms with van der Waals surface area (Å²) in [7, 11) is 0. The van der Waals surface area contributed by atoms with Gasteiger partial charge in [-0.3, -0.25) is 4.79 Å². The summed E-state index contributed by atoms with van der Waals surface area (Å²) in [5.74, 6) is 1.10. The third kappa shape index (κ3) is 2.03. The maximum Gasteiger partial charge on any atom is 0.219 e. The van der Waals surface area contributed by atoms with Crippen LogP contribution >= 0.6 is 0 Å². The average molecular weight is 256 g/mol. The van der Waals surface area contributed by atoms with E-state index >= 15 is 0 Å². The zero-order chi connectivity index (χ0) is 13.5. The van der Waals surface area contributed by atoms with E-state index in [0.29, 0.717) is 5.56 Å². The molecule has 1 amide bonds. The molecule has 0 unspecified atom stereocenters. The van der Waals surface area contributed by atoms with E-state index < -0.39 is 0 Å². The van der Waals surface area contributed by atoms with Crippen LogP contribution in [-0.2, 0) is 4.79 Å². The van der Waals surface area contributed by atoms with Gasteiger partial charge in [-0.15, -0.1) is 0 Å². The van der Waals surface area contributed by atoms with Crippen LogP contribution in [0, 0.1) is 16.7 Å². The van der Waals surface area contributed by atoms with Crippen LogP contribution in [0.4, 0.5) is 5.82 Å². The number of hydrogen-bond acceptors (Lipinski definition) is 4. The molecular formula is C14H16N4O. The summed E-state index contributed by atoms with van der Waals surface area (Å²) in [6.07, 6.45) is 2.69. The summed E-state index contributed by atoms with van der Waals surface area (Å²) in [5.41, 5.74) is 0.851. The molecule has 0 atom stereocenters. The Morgan fingerprint density at radius 3 is 2.74 bits per heavy atom. The lowest BCUT2D eigenvalue weighted by Gasteiger charge is -2.48. The minimum atomic E-state index is 0.173. The lowest BCUT2D eigenvalue weighted by molar-refractivity contribution is -0.128. The summed E-state index contributed by atoms with van der Waals surface area (Å²) in [4.78, 5) is 19.8. The number of aromatic nitrogens is 1. The number of carbonyl (C=O) groups is 1. The molecule has 3 rings (SSSR count). The van der Waals surface area contributed by atoms with Crippen molar-refractivity contribution in [2.75, 3.05) is 31.1 Å². The first-order chi connectivity index (χ1) is 9.12. The monoisotopic (exact) mass is 256 g/mol. The van der Waals surface area contributed by atoms with Crippen molar-refractivity contribution >= 4 is 11.7 Å². The van der Waals surface area contributed by atoms with E-state index in [1.807, 2.05) is 11.0 Å². The van der Waals surface area contributed by atoms with Gasteiger partial charge in [0.15, 0.2) is 0 Å². The molecule has 1 spiro atoms. The highest BCUT2D eigenvalue weighted by atomic mass is 16.2. The van der Waals surface area contributed by atoms with Crippen LogP contribution in [0.1, 0.15) is 18.9 Å². The standard InChI is InChI=1S/C14H16N4O/c1-11(19)17-5-4-14(8-17)9-18(10-14)13-3-2-12(6-15)7-16-13/h2-3,7H,4-5,8-10H2,1H3. The zero-order valence-corrected chi connectivity index (χ0v) is 11.0. The molecule has 0 N–H and O–H groups in total. The molecule has 2 saturated heterocycles. The number of carbonyl (C=O) groups excluding carboxylic acids is 1. The van der Waals surface area contributed by atoms with Gasteiger partial charge in [-0.1, -0.05) is 0 Å². The Labute approximate surface area is 112 Å². The zero-order valence-electron chi connectivity index (χ0n) is 11.0. The molecule has 98 valence electrons. The third-order valence-corrected chi connectivity index (χ3v) is 4.14. The number of likely N-dealkylation sites (tertiary alicyclic amines) is 1. The van der Waals surface area contributed by atoms with E-state index in [9.17, 15) is 4.79 Å². The highest BCUT2D eigenvalue weighted by Crippen LogP contribution is 2.41. The molecule has 0 aliphatic carbocycles. The summed E-state index contributed by atoms with van der Waals surface area (Å²) < 4.78 is 0. The van der Waals surface area contributed by atoms with Gasteiger partial charge in [-0.25, -0.2) is 4.98 Å². The predicted octanol–water partition coefficient (Wildman–Crippen LogP) is 1.01. The molecule has 0 aromatic carbocycles. The first-order valence-electron chi connectivity index (χ1n) is 6.49. The van der Waals surface area contributed by atoms with E-state index in [0.717, 1.165) is 38.4 Å². The van der Waals surface area contributed by atoms with Gasteiger partial charge in [0, 0.05) is 44.7 Å². The molecule has 5 heteroatoms. The fourth-order valence-corrected chi connectivity index (χ4v) is 3.03. The van der Waals surface area contributed by atoms with Crippen molar-refractivity contribution in [3.05, 3.63) is 23.9 Å². The number of pyridine rings is 1. The second kappa shape index (κ2) is 4.23. The van der Waals surface area contributed by atoms with Crippen LogP contribution in [0.5, 0.6) is 0 Å². The predicted molar refractivity (Wildman–Crippen MR) is 70.5 cm³/mol. The van der Waals surface area contributed by atoms with Crippen LogP contribution < -0.4 is 4.90 Å². The fourth-order valence-electron chi connectivity index (χ4n) is 3.03. The van der Waals surface area contributed by atoms with Crippen molar-refractivity contribution in [1.82, 2.24) is 9.88 Å². The van der Waals surface area contributed by atoms with E-state index in [1.165, 1.54) is 0 Å². The SMILES string of the molecule is CC(=O)N1CCC2(C1)CN(c1ccc(C#N)cn1)C2. The van der Waals surface area contributed by atoms with Gasteiger partial charge < -0.3 is 9.80 Å². The van der Waals surface area contributed by atoms with Crippen molar-refractivity contribution in [1.29, 1.82) is 5.26 Å². The highest BCUT2D eigenvalue weighted by Gasteiger charge is 2.48. The van der Waals surface area contributed by atoms with Crippen LogP contribution in [0.2, 0.25) is 0 Å². The van der Waals surface area contributed by atoms with Crippen LogP contribution in [0.15, 0.2) is 18.3 Å². The minimum absolute atomic E-state index is 0.173. The topological polar surface area (TPSA) is 60.2 Å². The molecule has 1 aromatic rings. The van der Waals surface area contributed by atoms with Crippen LogP contribution in [0.25, 0.3) is 0 Å². The first-order valence-corrected chi connectivity index (χ1v) is 6.49. The van der Waals surface area contributed by atoms with Gasteiger partial charge in [0.05, 0.1) is 5.56 Å². The van der Waals surface area contributed by atoms with Crippen molar-refractivity contribution in [2.45, 2.75) is 13.3 Å². The smallest absolute Gasteiger partial charge is 0.219 e. The maximum absolute atomic E-state index is 11.4. The lowest BCUT2D eigenvalue weighted by Crippen LogP contribution is -2.58. The second-order valence-corrected chi connectivity index (χ2v) is 5.56. The number of amides is 1. The number of hydrogen-bond donors (Lipinski definition) is 0. The van der Waals surface area contributed by atoms with Crippen molar-refractivity contribution < 1.29 is 4.79 Å². The van der Waals surface area contributed by atoms with Gasteiger partial charge in [0.25, 0.3) is 0 Å². The van der Waals surface area contributed by atoms with Gasteiger partial charge in [0.1, 0.15) is 11.9 Å². The number of nitrogens with zero attached hydrogens (tertiary/aromatic N) is 4. The molecule has 2 aliphatic rings. The summed E-state index contributed by atoms with van der Waals surface area (Å²) in [5, 5.41) is 8.75. The Balaban J connectivity index is 1.64. The van der Waals surface area contributed by atoms with Crippen molar-refractivity contribution in [3.63, 3.8) is 0 Å².